The maximum atomic E-state index is 12.5. The first-order valence-corrected chi connectivity index (χ1v) is 16.4. The lowest BCUT2D eigenvalue weighted by atomic mass is 9.86. The summed E-state index contributed by atoms with van der Waals surface area (Å²) in [6.45, 7) is 12.8. The van der Waals surface area contributed by atoms with Crippen molar-refractivity contribution in [2.45, 2.75) is 97.9 Å². The normalized spacial score (nSPS) is 14.3. The predicted octanol–water partition coefficient (Wildman–Crippen LogP) is 7.64. The lowest BCUT2D eigenvalue weighted by Gasteiger charge is -2.23. The van der Waals surface area contributed by atoms with Crippen LogP contribution in [-0.4, -0.2) is 62.6 Å². The van der Waals surface area contributed by atoms with Gasteiger partial charge in [-0.2, -0.15) is 0 Å². The van der Waals surface area contributed by atoms with Gasteiger partial charge in [0.05, 0.1) is 0 Å². The zero-order chi connectivity index (χ0) is 31.5. The molecule has 1 N–H and O–H groups in total. The van der Waals surface area contributed by atoms with E-state index in [1.165, 1.54) is 37.8 Å². The van der Waals surface area contributed by atoms with Crippen molar-refractivity contribution in [2.24, 2.45) is 5.92 Å². The third-order valence-corrected chi connectivity index (χ3v) is 8.05. The number of ether oxygens (including phenoxy) is 2. The molecule has 0 saturated heterocycles. The molecular weight excluding hydrogens is 538 g/mol. The monoisotopic (exact) mass is 595 g/mol. The van der Waals surface area contributed by atoms with E-state index in [1.54, 1.807) is 0 Å². The minimum absolute atomic E-state index is 0.181. The first kappa shape index (κ1) is 36.1. The molecule has 0 spiro atoms. The van der Waals surface area contributed by atoms with Crippen LogP contribution in [0.4, 0.5) is 0 Å². The number of unbranched alkanes of at least 4 members (excludes halogenated alkanes) is 4. The van der Waals surface area contributed by atoms with E-state index in [4.69, 9.17) is 9.47 Å². The SMILES string of the molecule is CCC(CC(C)CCN1Cc2ccccc2C1=O)c1ccc2c(c1)OCO2.CCCCCCN(C)C.CCCCNC=O. The second kappa shape index (κ2) is 20.8. The summed E-state index contributed by atoms with van der Waals surface area (Å²) >= 11 is 0. The Bertz CT molecular complexity index is 1070. The molecule has 0 saturated carbocycles. The first-order chi connectivity index (χ1) is 20.8. The summed E-state index contributed by atoms with van der Waals surface area (Å²) in [5.41, 5.74) is 3.34. The van der Waals surface area contributed by atoms with Crippen LogP contribution in [0.5, 0.6) is 11.5 Å². The number of nitrogens with zero attached hydrogens (tertiary/aromatic N) is 2. The molecule has 43 heavy (non-hydrogen) atoms. The topological polar surface area (TPSA) is 71.1 Å². The third-order valence-electron chi connectivity index (χ3n) is 8.05. The van der Waals surface area contributed by atoms with Gasteiger partial charge in [0.2, 0.25) is 13.2 Å². The van der Waals surface area contributed by atoms with Crippen molar-refractivity contribution in [3.63, 3.8) is 0 Å². The molecule has 0 bridgehead atoms. The molecule has 2 aliphatic heterocycles. The van der Waals surface area contributed by atoms with Gasteiger partial charge >= 0.3 is 0 Å². The van der Waals surface area contributed by atoms with Crippen molar-refractivity contribution in [1.29, 1.82) is 0 Å². The van der Waals surface area contributed by atoms with Crippen molar-refractivity contribution in [2.75, 3.05) is 40.5 Å². The Hall–Kier alpha value is -3.06. The summed E-state index contributed by atoms with van der Waals surface area (Å²) in [6, 6.07) is 14.3. The molecule has 0 radical (unpaired) electrons. The van der Waals surface area contributed by atoms with Crippen molar-refractivity contribution in [1.82, 2.24) is 15.1 Å². The average molecular weight is 596 g/mol. The molecule has 2 heterocycles. The van der Waals surface area contributed by atoms with Crippen molar-refractivity contribution >= 4 is 12.3 Å². The van der Waals surface area contributed by atoms with Crippen LogP contribution in [0.2, 0.25) is 0 Å². The van der Waals surface area contributed by atoms with Crippen molar-refractivity contribution in [3.8, 4) is 11.5 Å². The predicted molar refractivity (Wildman–Crippen MR) is 177 cm³/mol. The summed E-state index contributed by atoms with van der Waals surface area (Å²) in [7, 11) is 4.26. The van der Waals surface area contributed by atoms with Gasteiger partial charge in [-0.05, 0) is 93.9 Å². The minimum atomic E-state index is 0.181. The molecule has 0 aliphatic carbocycles. The van der Waals surface area contributed by atoms with Gasteiger partial charge in [-0.1, -0.05) is 77.6 Å². The number of amides is 2. The van der Waals surface area contributed by atoms with E-state index < -0.39 is 0 Å². The number of carbonyl (C=O) groups excluding carboxylic acids is 2. The number of benzene rings is 2. The molecule has 2 aromatic carbocycles. The highest BCUT2D eigenvalue weighted by Crippen LogP contribution is 2.37. The number of rotatable bonds is 16. The second-order valence-corrected chi connectivity index (χ2v) is 12.0. The molecule has 7 nitrogen and oxygen atoms in total. The Morgan fingerprint density at radius 2 is 1.72 bits per heavy atom. The Balaban J connectivity index is 0.000000334. The van der Waals surface area contributed by atoms with Gasteiger partial charge in [-0.25, -0.2) is 0 Å². The summed E-state index contributed by atoms with van der Waals surface area (Å²) in [4.78, 5) is 26.3. The minimum Gasteiger partial charge on any atom is -0.454 e. The molecular formula is C36H57N3O4. The van der Waals surface area contributed by atoms with Crippen LogP contribution in [0.3, 0.4) is 0 Å². The van der Waals surface area contributed by atoms with Gasteiger partial charge in [0.1, 0.15) is 0 Å². The number of carbonyl (C=O) groups is 2. The van der Waals surface area contributed by atoms with Gasteiger partial charge in [-0.15, -0.1) is 0 Å². The number of hydrogen-bond acceptors (Lipinski definition) is 5. The largest absolute Gasteiger partial charge is 0.454 e. The molecule has 0 aromatic heterocycles. The highest BCUT2D eigenvalue weighted by Gasteiger charge is 2.27. The van der Waals surface area contributed by atoms with Gasteiger partial charge in [-0.3, -0.25) is 9.59 Å². The molecule has 2 amide bonds. The van der Waals surface area contributed by atoms with Crippen molar-refractivity contribution in [3.05, 3.63) is 59.2 Å². The van der Waals surface area contributed by atoms with Crippen LogP contribution in [-0.2, 0) is 11.3 Å². The van der Waals surface area contributed by atoms with Crippen molar-refractivity contribution < 1.29 is 19.1 Å². The molecule has 2 unspecified atom stereocenters. The smallest absolute Gasteiger partial charge is 0.254 e. The van der Waals surface area contributed by atoms with Gasteiger partial charge in [0.15, 0.2) is 11.5 Å². The van der Waals surface area contributed by atoms with E-state index in [9.17, 15) is 9.59 Å². The Kier molecular flexibility index (Phi) is 17.5. The maximum Gasteiger partial charge on any atom is 0.254 e. The van der Waals surface area contributed by atoms with Crippen LogP contribution in [0.1, 0.15) is 113 Å². The summed E-state index contributed by atoms with van der Waals surface area (Å²) in [5, 5.41) is 2.57. The Labute approximate surface area is 261 Å². The van der Waals surface area contributed by atoms with Gasteiger partial charge in [0.25, 0.3) is 5.91 Å². The molecule has 240 valence electrons. The molecule has 4 rings (SSSR count). The molecule has 2 atom stereocenters. The number of hydrogen-bond donors (Lipinski definition) is 1. The lowest BCUT2D eigenvalue weighted by molar-refractivity contribution is -0.109. The van der Waals surface area contributed by atoms with E-state index in [1.807, 2.05) is 29.2 Å². The average Bonchev–Trinajstić information content (AvgIpc) is 3.61. The summed E-state index contributed by atoms with van der Waals surface area (Å²) < 4.78 is 11.0. The van der Waals surface area contributed by atoms with E-state index in [2.05, 4.69) is 70.2 Å². The van der Waals surface area contributed by atoms with Gasteiger partial charge in [0, 0.05) is 25.2 Å². The maximum absolute atomic E-state index is 12.5. The molecule has 2 aliphatic rings. The highest BCUT2D eigenvalue weighted by atomic mass is 16.7. The Morgan fingerprint density at radius 1 is 0.977 bits per heavy atom. The second-order valence-electron chi connectivity index (χ2n) is 12.0. The third kappa shape index (κ3) is 13.0. The summed E-state index contributed by atoms with van der Waals surface area (Å²) in [5.74, 6) is 2.94. The fraction of sp³-hybridized carbons (Fsp3) is 0.611. The fourth-order valence-corrected chi connectivity index (χ4v) is 5.37. The van der Waals surface area contributed by atoms with Crippen LogP contribution in [0, 0.1) is 5.92 Å². The van der Waals surface area contributed by atoms with Crippen LogP contribution in [0.25, 0.3) is 0 Å². The number of nitrogens with one attached hydrogen (secondary N) is 1. The first-order valence-electron chi connectivity index (χ1n) is 16.4. The summed E-state index contributed by atoms with van der Waals surface area (Å²) in [6.07, 6.45) is 11.7. The number of fused-ring (bicyclic) bond motifs is 2. The fourth-order valence-electron chi connectivity index (χ4n) is 5.37. The zero-order valence-electron chi connectivity index (χ0n) is 27.7. The standard InChI is InChI=1S/C23H27NO3.C8H19N.C5H11NO/c1-3-17(18-8-9-21-22(13-18)27-15-26-21)12-16(2)10-11-24-14-19-6-4-5-7-20(19)23(24)25;1-4-5-6-7-8-9(2)3;1-2-3-4-6-5-7/h4-9,13,16-17H,3,10-12,14-15H2,1-2H3;4-8H2,1-3H3;5H,2-4H2,1H3,(H,6,7). The molecule has 7 heteroatoms. The van der Waals surface area contributed by atoms with Crippen LogP contribution >= 0.6 is 0 Å². The van der Waals surface area contributed by atoms with Crippen LogP contribution < -0.4 is 14.8 Å². The zero-order valence-corrected chi connectivity index (χ0v) is 27.7. The quantitative estimate of drug-likeness (QED) is 0.160. The molecule has 2 aromatic rings. The van der Waals surface area contributed by atoms with Gasteiger partial charge < -0.3 is 24.6 Å². The molecule has 0 fully saturated rings. The van der Waals surface area contributed by atoms with E-state index in [0.29, 0.717) is 18.6 Å². The lowest BCUT2D eigenvalue weighted by Crippen LogP contribution is -2.26. The van der Waals surface area contributed by atoms with E-state index >= 15 is 0 Å². The van der Waals surface area contributed by atoms with E-state index in [-0.39, 0.29) is 5.91 Å². The van der Waals surface area contributed by atoms with E-state index in [0.717, 1.165) is 80.8 Å². The van der Waals surface area contributed by atoms with Crippen LogP contribution in [0.15, 0.2) is 42.5 Å². The highest BCUT2D eigenvalue weighted by molar-refractivity contribution is 5.98. The Morgan fingerprint density at radius 3 is 2.40 bits per heavy atom.